The maximum Gasteiger partial charge on any atom is 0.219 e. The van der Waals surface area contributed by atoms with E-state index in [1.807, 2.05) is 6.92 Å². The molecule has 1 aromatic heterocycles. The topological polar surface area (TPSA) is 95.9 Å². The van der Waals surface area contributed by atoms with Crippen LogP contribution in [0.25, 0.3) is 0 Å². The molecule has 0 fully saturated rings. The highest BCUT2D eigenvalue weighted by Crippen LogP contribution is 2.48. The molecule has 1 atom stereocenters. The first-order valence-corrected chi connectivity index (χ1v) is 11.9. The molecule has 0 amide bonds. The number of hydrogen-bond acceptors (Lipinski definition) is 8. The summed E-state index contributed by atoms with van der Waals surface area (Å²) in [7, 11) is 0. The smallest absolute Gasteiger partial charge is 0.219 e. The van der Waals surface area contributed by atoms with Gasteiger partial charge in [-0.3, -0.25) is 9.69 Å². The first-order chi connectivity index (χ1) is 14.5. The number of hydrogen-bond donors (Lipinski definition) is 1. The van der Waals surface area contributed by atoms with Crippen LogP contribution in [0.3, 0.4) is 0 Å². The zero-order valence-electron chi connectivity index (χ0n) is 16.0. The zero-order valence-corrected chi connectivity index (χ0v) is 19.1. The Morgan fingerprint density at radius 2 is 2.17 bits per heavy atom. The van der Waals surface area contributed by atoms with Crippen LogP contribution in [0.2, 0.25) is 10.0 Å². The van der Waals surface area contributed by atoms with Crippen molar-refractivity contribution in [3.8, 4) is 6.07 Å². The van der Waals surface area contributed by atoms with Gasteiger partial charge in [0, 0.05) is 27.7 Å². The number of carbonyl (C=O) groups is 1. The minimum Gasteiger partial charge on any atom is -0.384 e. The Balaban J connectivity index is 1.93. The third-order valence-electron chi connectivity index (χ3n) is 5.04. The number of rotatable bonds is 4. The summed E-state index contributed by atoms with van der Waals surface area (Å²) in [6, 6.07) is 7.28. The lowest BCUT2D eigenvalue weighted by molar-refractivity contribution is -0.116. The normalized spacial score (nSPS) is 19.2. The van der Waals surface area contributed by atoms with Gasteiger partial charge < -0.3 is 5.73 Å². The lowest BCUT2D eigenvalue weighted by atomic mass is 9.76. The van der Waals surface area contributed by atoms with Gasteiger partial charge in [0.05, 0.1) is 17.6 Å². The molecule has 0 saturated heterocycles. The number of Topliss-reactive ketones (excluding diaryl/α,β-unsaturated/α-hetero) is 1. The molecule has 1 aromatic carbocycles. The van der Waals surface area contributed by atoms with Crippen LogP contribution in [0.15, 0.2) is 45.2 Å². The molecule has 0 spiro atoms. The standard InChI is InChI=1S/C20H17Cl2N5OS2/c1-2-29-20-26-25-19(30-20)27-14-4-3-5-15(28)17(14)16(12(9-23)18(27)24)11-7-6-10(21)8-13(11)22/h6-8,16H,2-5,24H2,1H3. The third kappa shape index (κ3) is 3.60. The summed E-state index contributed by atoms with van der Waals surface area (Å²) in [6.07, 6.45) is 1.78. The van der Waals surface area contributed by atoms with Crippen molar-refractivity contribution >= 4 is 57.2 Å². The first-order valence-electron chi connectivity index (χ1n) is 9.33. The predicted octanol–water partition coefficient (Wildman–Crippen LogP) is 5.26. The van der Waals surface area contributed by atoms with Gasteiger partial charge in [0.2, 0.25) is 5.13 Å². The van der Waals surface area contributed by atoms with Crippen LogP contribution in [-0.4, -0.2) is 21.7 Å². The molecule has 10 heteroatoms. The summed E-state index contributed by atoms with van der Waals surface area (Å²) in [5.74, 6) is 0.486. The van der Waals surface area contributed by atoms with E-state index < -0.39 is 5.92 Å². The number of benzene rings is 1. The van der Waals surface area contributed by atoms with E-state index in [0.29, 0.717) is 45.6 Å². The summed E-state index contributed by atoms with van der Waals surface area (Å²) >= 11 is 15.5. The highest BCUT2D eigenvalue weighted by molar-refractivity contribution is 8.01. The Bertz CT molecular complexity index is 1130. The van der Waals surface area contributed by atoms with Gasteiger partial charge in [-0.15, -0.1) is 10.2 Å². The van der Waals surface area contributed by atoms with Gasteiger partial charge in [-0.25, -0.2) is 0 Å². The van der Waals surface area contributed by atoms with Crippen LogP contribution in [-0.2, 0) is 4.79 Å². The molecule has 2 aromatic rings. The molecule has 4 rings (SSSR count). The lowest BCUT2D eigenvalue weighted by Crippen LogP contribution is -2.38. The number of halogens is 2. The molecule has 6 nitrogen and oxygen atoms in total. The number of allylic oxidation sites excluding steroid dienone is 3. The minimum absolute atomic E-state index is 0.00908. The second kappa shape index (κ2) is 8.60. The van der Waals surface area contributed by atoms with Crippen molar-refractivity contribution in [1.29, 1.82) is 5.26 Å². The molecule has 1 aliphatic carbocycles. The molecular weight excluding hydrogens is 461 g/mol. The second-order valence-electron chi connectivity index (χ2n) is 6.77. The van der Waals surface area contributed by atoms with Gasteiger partial charge in [0.15, 0.2) is 10.1 Å². The van der Waals surface area contributed by atoms with Crippen molar-refractivity contribution in [3.05, 3.63) is 56.5 Å². The molecule has 1 unspecified atom stereocenters. The van der Waals surface area contributed by atoms with Crippen LogP contribution in [0, 0.1) is 11.3 Å². The van der Waals surface area contributed by atoms with Crippen molar-refractivity contribution in [2.75, 3.05) is 10.7 Å². The van der Waals surface area contributed by atoms with Crippen molar-refractivity contribution in [2.24, 2.45) is 5.73 Å². The van der Waals surface area contributed by atoms with Crippen molar-refractivity contribution in [3.63, 3.8) is 0 Å². The van der Waals surface area contributed by atoms with E-state index in [-0.39, 0.29) is 17.2 Å². The summed E-state index contributed by atoms with van der Waals surface area (Å²) < 4.78 is 0.811. The van der Waals surface area contributed by atoms with Crippen molar-refractivity contribution in [2.45, 2.75) is 36.4 Å². The van der Waals surface area contributed by atoms with Gasteiger partial charge in [-0.05, 0) is 36.3 Å². The maximum absolute atomic E-state index is 13.1. The van der Waals surface area contributed by atoms with Gasteiger partial charge in [0.25, 0.3) is 0 Å². The fourth-order valence-electron chi connectivity index (χ4n) is 3.83. The largest absolute Gasteiger partial charge is 0.384 e. The van der Waals surface area contributed by atoms with Crippen LogP contribution < -0.4 is 10.6 Å². The molecule has 0 radical (unpaired) electrons. The fraction of sp³-hybridized carbons (Fsp3) is 0.300. The number of nitrogens with zero attached hydrogens (tertiary/aromatic N) is 4. The van der Waals surface area contributed by atoms with Crippen LogP contribution in [0.1, 0.15) is 37.7 Å². The Kier molecular flexibility index (Phi) is 6.07. The van der Waals surface area contributed by atoms with Crippen molar-refractivity contribution in [1.82, 2.24) is 10.2 Å². The molecule has 1 aliphatic heterocycles. The summed E-state index contributed by atoms with van der Waals surface area (Å²) in [4.78, 5) is 14.8. The van der Waals surface area contributed by atoms with E-state index in [1.54, 1.807) is 34.9 Å². The Morgan fingerprint density at radius 1 is 1.37 bits per heavy atom. The number of nitriles is 1. The fourth-order valence-corrected chi connectivity index (χ4v) is 6.12. The lowest BCUT2D eigenvalue weighted by Gasteiger charge is -2.38. The third-order valence-corrected chi connectivity index (χ3v) is 7.53. The van der Waals surface area contributed by atoms with Crippen molar-refractivity contribution < 1.29 is 4.79 Å². The second-order valence-corrected chi connectivity index (χ2v) is 10.1. The minimum atomic E-state index is -0.628. The van der Waals surface area contributed by atoms with Crippen LogP contribution >= 0.6 is 46.3 Å². The van der Waals surface area contributed by atoms with Crippen LogP contribution in [0.5, 0.6) is 0 Å². The number of anilines is 1. The first kappa shape index (κ1) is 21.2. The van der Waals surface area contributed by atoms with E-state index >= 15 is 0 Å². The summed E-state index contributed by atoms with van der Waals surface area (Å²) in [6.45, 7) is 2.04. The molecule has 2 heterocycles. The average Bonchev–Trinajstić information content (AvgIpc) is 3.16. The van der Waals surface area contributed by atoms with E-state index in [9.17, 15) is 10.1 Å². The van der Waals surface area contributed by atoms with E-state index in [1.165, 1.54) is 11.3 Å². The van der Waals surface area contributed by atoms with Gasteiger partial charge >= 0.3 is 0 Å². The number of carbonyl (C=O) groups excluding carboxylic acids is 1. The monoisotopic (exact) mass is 477 g/mol. The zero-order chi connectivity index (χ0) is 21.4. The molecular formula is C20H17Cl2N5OS2. The van der Waals surface area contributed by atoms with Gasteiger partial charge in [-0.1, -0.05) is 59.3 Å². The molecule has 2 N–H and O–H groups in total. The molecule has 0 bridgehead atoms. The molecule has 30 heavy (non-hydrogen) atoms. The Labute approximate surface area is 192 Å². The SMILES string of the molecule is CCSc1nnc(N2C(N)=C(C#N)C(c3ccc(Cl)cc3Cl)C3=C2CCCC3=O)s1. The van der Waals surface area contributed by atoms with Gasteiger partial charge in [-0.2, -0.15) is 5.26 Å². The van der Waals surface area contributed by atoms with E-state index in [4.69, 9.17) is 28.9 Å². The van der Waals surface area contributed by atoms with E-state index in [2.05, 4.69) is 16.3 Å². The molecule has 2 aliphatic rings. The highest BCUT2D eigenvalue weighted by atomic mass is 35.5. The molecule has 0 saturated carbocycles. The summed E-state index contributed by atoms with van der Waals surface area (Å²) in [5, 5.41) is 19.9. The van der Waals surface area contributed by atoms with Crippen LogP contribution in [0.4, 0.5) is 5.13 Å². The Hall–Kier alpha value is -2.05. The number of nitrogens with two attached hydrogens (primary N) is 1. The quantitative estimate of drug-likeness (QED) is 0.599. The number of thioether (sulfide) groups is 1. The summed E-state index contributed by atoms with van der Waals surface area (Å²) in [5.41, 5.74) is 8.74. The predicted molar refractivity (Wildman–Crippen MR) is 121 cm³/mol. The number of aromatic nitrogens is 2. The average molecular weight is 478 g/mol. The Morgan fingerprint density at radius 3 is 2.87 bits per heavy atom. The molecule has 154 valence electrons. The highest BCUT2D eigenvalue weighted by Gasteiger charge is 2.41. The maximum atomic E-state index is 13.1. The number of ketones is 1. The van der Waals surface area contributed by atoms with E-state index in [0.717, 1.165) is 15.8 Å². The van der Waals surface area contributed by atoms with Gasteiger partial charge in [0.1, 0.15) is 5.82 Å².